The summed E-state index contributed by atoms with van der Waals surface area (Å²) >= 11 is 0. The number of hydrogen-bond acceptors (Lipinski definition) is 4. The third-order valence-corrected chi connectivity index (χ3v) is 2.87. The first-order valence-corrected chi connectivity index (χ1v) is 6.05. The molecule has 0 heterocycles. The number of benzene rings is 1. The summed E-state index contributed by atoms with van der Waals surface area (Å²) in [5, 5.41) is 2.73. The summed E-state index contributed by atoms with van der Waals surface area (Å²) in [6.45, 7) is 2.17. The van der Waals surface area contributed by atoms with E-state index < -0.39 is 6.04 Å². The number of hydrogen-bond donors (Lipinski definition) is 1. The second-order valence-electron chi connectivity index (χ2n) is 4.58. The van der Waals surface area contributed by atoms with E-state index in [0.717, 1.165) is 5.56 Å². The van der Waals surface area contributed by atoms with E-state index in [-0.39, 0.29) is 18.4 Å². The highest BCUT2D eigenvalue weighted by Gasteiger charge is 2.22. The number of nitrogens with one attached hydrogen (secondary N) is 1. The molecule has 0 aliphatic carbocycles. The van der Waals surface area contributed by atoms with Crippen LogP contribution in [0.25, 0.3) is 0 Å². The highest BCUT2D eigenvalue weighted by Crippen LogP contribution is 2.03. The molecule has 0 aromatic heterocycles. The standard InChI is InChI=1S/C14H20N2O3/c1-10-5-7-11(8-6-10)13(17)15-9-12(16(2)3)14(18)19-4/h5-8,12H,9H2,1-4H3,(H,15,17). The molecule has 5 nitrogen and oxygen atoms in total. The Morgan fingerprint density at radius 1 is 1.26 bits per heavy atom. The van der Waals surface area contributed by atoms with Crippen LogP contribution in [-0.4, -0.2) is 50.6 Å². The van der Waals surface area contributed by atoms with E-state index in [1.165, 1.54) is 7.11 Å². The lowest BCUT2D eigenvalue weighted by Gasteiger charge is -2.21. The van der Waals surface area contributed by atoms with Crippen LogP contribution >= 0.6 is 0 Å². The van der Waals surface area contributed by atoms with Gasteiger partial charge in [-0.3, -0.25) is 14.5 Å². The zero-order valence-electron chi connectivity index (χ0n) is 11.8. The second kappa shape index (κ2) is 6.89. The average molecular weight is 264 g/mol. The van der Waals surface area contributed by atoms with Gasteiger partial charge in [0.15, 0.2) is 0 Å². The molecule has 0 aliphatic heterocycles. The van der Waals surface area contributed by atoms with Crippen molar-refractivity contribution in [1.82, 2.24) is 10.2 Å². The number of methoxy groups -OCH3 is 1. The molecule has 0 spiro atoms. The second-order valence-corrected chi connectivity index (χ2v) is 4.58. The van der Waals surface area contributed by atoms with Gasteiger partial charge in [-0.05, 0) is 33.2 Å². The summed E-state index contributed by atoms with van der Waals surface area (Å²) < 4.78 is 4.70. The van der Waals surface area contributed by atoms with Gasteiger partial charge in [0, 0.05) is 12.1 Å². The number of esters is 1. The summed E-state index contributed by atoms with van der Waals surface area (Å²) in [6.07, 6.45) is 0. The van der Waals surface area contributed by atoms with Crippen LogP contribution in [0.5, 0.6) is 0 Å². The monoisotopic (exact) mass is 264 g/mol. The van der Waals surface area contributed by atoms with E-state index in [1.807, 2.05) is 19.1 Å². The molecule has 0 radical (unpaired) electrons. The summed E-state index contributed by atoms with van der Waals surface area (Å²) in [5.74, 6) is -0.565. The molecule has 5 heteroatoms. The molecule has 1 aromatic rings. The van der Waals surface area contributed by atoms with Crippen molar-refractivity contribution in [2.45, 2.75) is 13.0 Å². The van der Waals surface area contributed by atoms with Gasteiger partial charge in [-0.1, -0.05) is 17.7 Å². The first-order chi connectivity index (χ1) is 8.95. The fourth-order valence-electron chi connectivity index (χ4n) is 1.61. The van der Waals surface area contributed by atoms with Crippen LogP contribution in [0, 0.1) is 6.92 Å². The smallest absolute Gasteiger partial charge is 0.324 e. The Morgan fingerprint density at radius 2 is 1.84 bits per heavy atom. The van der Waals surface area contributed by atoms with Gasteiger partial charge in [0.05, 0.1) is 7.11 Å². The molecule has 0 saturated carbocycles. The van der Waals surface area contributed by atoms with E-state index in [0.29, 0.717) is 5.56 Å². The van der Waals surface area contributed by atoms with Gasteiger partial charge in [0.2, 0.25) is 0 Å². The van der Waals surface area contributed by atoms with Crippen molar-refractivity contribution in [1.29, 1.82) is 0 Å². The van der Waals surface area contributed by atoms with Gasteiger partial charge >= 0.3 is 5.97 Å². The Morgan fingerprint density at radius 3 is 2.32 bits per heavy atom. The minimum atomic E-state index is -0.487. The number of aryl methyl sites for hydroxylation is 1. The van der Waals surface area contributed by atoms with Gasteiger partial charge < -0.3 is 10.1 Å². The van der Waals surface area contributed by atoms with E-state index in [4.69, 9.17) is 4.74 Å². The Bertz CT molecular complexity index is 441. The van der Waals surface area contributed by atoms with E-state index in [1.54, 1.807) is 31.1 Å². The maximum Gasteiger partial charge on any atom is 0.324 e. The number of carbonyl (C=O) groups excluding carboxylic acids is 2. The molecular weight excluding hydrogens is 244 g/mol. The van der Waals surface area contributed by atoms with Crippen LogP contribution in [0.15, 0.2) is 24.3 Å². The zero-order chi connectivity index (χ0) is 14.4. The largest absolute Gasteiger partial charge is 0.468 e. The molecule has 1 atom stereocenters. The summed E-state index contributed by atoms with van der Waals surface area (Å²) in [4.78, 5) is 25.2. The number of likely N-dealkylation sites (N-methyl/N-ethyl adjacent to an activating group) is 1. The Labute approximate surface area is 113 Å². The van der Waals surface area contributed by atoms with Crippen molar-refractivity contribution in [3.05, 3.63) is 35.4 Å². The van der Waals surface area contributed by atoms with Crippen LogP contribution < -0.4 is 5.32 Å². The molecule has 1 amide bonds. The van der Waals surface area contributed by atoms with Crippen molar-refractivity contribution in [3.8, 4) is 0 Å². The lowest BCUT2D eigenvalue weighted by atomic mass is 10.1. The third-order valence-electron chi connectivity index (χ3n) is 2.87. The lowest BCUT2D eigenvalue weighted by molar-refractivity contribution is -0.145. The number of nitrogens with zero attached hydrogens (tertiary/aromatic N) is 1. The summed E-state index contributed by atoms with van der Waals surface area (Å²) in [7, 11) is 4.86. The van der Waals surface area contributed by atoms with Crippen molar-refractivity contribution >= 4 is 11.9 Å². The van der Waals surface area contributed by atoms with Crippen LogP contribution in [-0.2, 0) is 9.53 Å². The predicted molar refractivity (Wildman–Crippen MR) is 73.0 cm³/mol. The SMILES string of the molecule is COC(=O)C(CNC(=O)c1ccc(C)cc1)N(C)C. The quantitative estimate of drug-likeness (QED) is 0.800. The van der Waals surface area contributed by atoms with Crippen molar-refractivity contribution in [2.24, 2.45) is 0 Å². The Balaban J connectivity index is 2.62. The fraction of sp³-hybridized carbons (Fsp3) is 0.429. The summed E-state index contributed by atoms with van der Waals surface area (Å²) in [5.41, 5.74) is 1.67. The molecule has 19 heavy (non-hydrogen) atoms. The molecule has 0 bridgehead atoms. The van der Waals surface area contributed by atoms with Crippen molar-refractivity contribution in [3.63, 3.8) is 0 Å². The zero-order valence-corrected chi connectivity index (χ0v) is 11.8. The fourth-order valence-corrected chi connectivity index (χ4v) is 1.61. The molecule has 1 unspecified atom stereocenters. The van der Waals surface area contributed by atoms with Crippen LogP contribution in [0.2, 0.25) is 0 Å². The maximum atomic E-state index is 11.9. The molecule has 104 valence electrons. The van der Waals surface area contributed by atoms with E-state index in [2.05, 4.69) is 5.32 Å². The minimum absolute atomic E-state index is 0.198. The maximum absolute atomic E-state index is 11.9. The molecule has 0 aliphatic rings. The Hall–Kier alpha value is -1.88. The first-order valence-electron chi connectivity index (χ1n) is 6.05. The number of ether oxygens (including phenoxy) is 1. The molecule has 1 N–H and O–H groups in total. The van der Waals surface area contributed by atoms with Gasteiger partial charge in [0.25, 0.3) is 5.91 Å². The number of carbonyl (C=O) groups is 2. The minimum Gasteiger partial charge on any atom is -0.468 e. The highest BCUT2D eigenvalue weighted by molar-refractivity contribution is 5.94. The van der Waals surface area contributed by atoms with Gasteiger partial charge in [0.1, 0.15) is 6.04 Å². The van der Waals surface area contributed by atoms with Crippen LogP contribution in [0.4, 0.5) is 0 Å². The van der Waals surface area contributed by atoms with E-state index in [9.17, 15) is 9.59 Å². The van der Waals surface area contributed by atoms with Crippen molar-refractivity contribution in [2.75, 3.05) is 27.7 Å². The number of rotatable bonds is 5. The third kappa shape index (κ3) is 4.37. The van der Waals surface area contributed by atoms with Crippen LogP contribution in [0.3, 0.4) is 0 Å². The molecular formula is C14H20N2O3. The highest BCUT2D eigenvalue weighted by atomic mass is 16.5. The molecule has 1 aromatic carbocycles. The number of amides is 1. The summed E-state index contributed by atoms with van der Waals surface area (Å²) in [6, 6.07) is 6.78. The van der Waals surface area contributed by atoms with Gasteiger partial charge in [-0.25, -0.2) is 0 Å². The van der Waals surface area contributed by atoms with Gasteiger partial charge in [-0.2, -0.15) is 0 Å². The van der Waals surface area contributed by atoms with Crippen LogP contribution in [0.1, 0.15) is 15.9 Å². The average Bonchev–Trinajstić information content (AvgIpc) is 2.38. The molecule has 0 fully saturated rings. The van der Waals surface area contributed by atoms with Crippen molar-refractivity contribution < 1.29 is 14.3 Å². The normalized spacial score (nSPS) is 12.1. The topological polar surface area (TPSA) is 58.6 Å². The lowest BCUT2D eigenvalue weighted by Crippen LogP contribution is -2.45. The van der Waals surface area contributed by atoms with Gasteiger partial charge in [-0.15, -0.1) is 0 Å². The first kappa shape index (κ1) is 15.2. The molecule has 1 rings (SSSR count). The van der Waals surface area contributed by atoms with E-state index >= 15 is 0 Å². The molecule has 0 saturated heterocycles. The Kier molecular flexibility index (Phi) is 5.51. The predicted octanol–water partition coefficient (Wildman–Crippen LogP) is 0.828.